The standard InChI is InChI=1S/C13H9OS/c1-9-6-13(15-8-9)12-7-10-4-2-3-5-11(10)14-12/h2-7H,1H3. The highest BCUT2D eigenvalue weighted by Gasteiger charge is 2.07. The Balaban J connectivity index is 2.19. The Kier molecular flexibility index (Phi) is 1.89. The van der Waals surface area contributed by atoms with Gasteiger partial charge in [-0.25, -0.2) is 0 Å². The molecule has 0 fully saturated rings. The summed E-state index contributed by atoms with van der Waals surface area (Å²) in [4.78, 5) is 1.14. The molecule has 0 spiro atoms. The average molecular weight is 213 g/mol. The van der Waals surface area contributed by atoms with E-state index in [0.717, 1.165) is 27.2 Å². The van der Waals surface area contributed by atoms with Gasteiger partial charge in [-0.3, -0.25) is 0 Å². The minimum absolute atomic E-state index is 0.936. The van der Waals surface area contributed by atoms with Crippen LogP contribution in [0.25, 0.3) is 21.6 Å². The predicted octanol–water partition coefficient (Wildman–Crippen LogP) is 4.27. The average Bonchev–Trinajstić information content (AvgIpc) is 2.82. The fourth-order valence-corrected chi connectivity index (χ4v) is 2.38. The zero-order chi connectivity index (χ0) is 10.3. The molecule has 0 amide bonds. The molecule has 1 radical (unpaired) electrons. The Labute approximate surface area is 92.0 Å². The van der Waals surface area contributed by atoms with Crippen molar-refractivity contribution in [2.75, 3.05) is 0 Å². The van der Waals surface area contributed by atoms with Gasteiger partial charge in [0.2, 0.25) is 0 Å². The Morgan fingerprint density at radius 1 is 1.20 bits per heavy atom. The van der Waals surface area contributed by atoms with Crippen molar-refractivity contribution in [3.05, 3.63) is 47.3 Å². The molecule has 15 heavy (non-hydrogen) atoms. The summed E-state index contributed by atoms with van der Waals surface area (Å²) < 4.78 is 5.76. The zero-order valence-corrected chi connectivity index (χ0v) is 9.10. The highest BCUT2D eigenvalue weighted by molar-refractivity contribution is 7.13. The van der Waals surface area contributed by atoms with E-state index >= 15 is 0 Å². The van der Waals surface area contributed by atoms with E-state index in [-0.39, 0.29) is 0 Å². The quantitative estimate of drug-likeness (QED) is 0.588. The molecular weight excluding hydrogens is 204 g/mol. The number of hydrogen-bond acceptors (Lipinski definition) is 2. The van der Waals surface area contributed by atoms with Crippen molar-refractivity contribution in [1.82, 2.24) is 0 Å². The SMILES string of the molecule is Cc1[c]sc(-c2cc3ccccc3o2)c1. The normalized spacial score (nSPS) is 11.0. The van der Waals surface area contributed by atoms with E-state index in [2.05, 4.69) is 23.6 Å². The Bertz CT molecular complexity index is 571. The molecular formula is C13H9OS. The van der Waals surface area contributed by atoms with Gasteiger partial charge in [0.15, 0.2) is 0 Å². The Morgan fingerprint density at radius 2 is 2.07 bits per heavy atom. The van der Waals surface area contributed by atoms with E-state index in [1.54, 1.807) is 11.3 Å². The Morgan fingerprint density at radius 3 is 2.80 bits per heavy atom. The van der Waals surface area contributed by atoms with Crippen LogP contribution in [0.2, 0.25) is 0 Å². The summed E-state index contributed by atoms with van der Waals surface area (Å²) in [5, 5.41) is 4.34. The van der Waals surface area contributed by atoms with Crippen LogP contribution in [0.5, 0.6) is 0 Å². The molecule has 1 aromatic carbocycles. The number of aryl methyl sites for hydroxylation is 1. The summed E-state index contributed by atoms with van der Waals surface area (Å²) in [6, 6.07) is 12.2. The van der Waals surface area contributed by atoms with Crippen LogP contribution in [0.1, 0.15) is 5.56 Å². The first-order valence-electron chi connectivity index (χ1n) is 4.80. The van der Waals surface area contributed by atoms with Gasteiger partial charge in [-0.2, -0.15) is 0 Å². The summed E-state index contributed by atoms with van der Waals surface area (Å²) in [7, 11) is 0. The molecule has 0 N–H and O–H groups in total. The van der Waals surface area contributed by atoms with Crippen LogP contribution in [0, 0.1) is 12.3 Å². The number of thiophene rings is 1. The van der Waals surface area contributed by atoms with Gasteiger partial charge in [0, 0.05) is 10.8 Å². The highest BCUT2D eigenvalue weighted by atomic mass is 32.1. The summed E-state index contributed by atoms with van der Waals surface area (Å²) in [5.41, 5.74) is 2.11. The molecule has 2 heteroatoms. The molecule has 0 aliphatic carbocycles. The van der Waals surface area contributed by atoms with Crippen LogP contribution in [0.3, 0.4) is 0 Å². The molecule has 2 aromatic heterocycles. The zero-order valence-electron chi connectivity index (χ0n) is 8.28. The van der Waals surface area contributed by atoms with Crippen LogP contribution >= 0.6 is 11.3 Å². The van der Waals surface area contributed by atoms with Gasteiger partial charge >= 0.3 is 0 Å². The molecule has 3 aromatic rings. The number of hydrogen-bond donors (Lipinski definition) is 0. The minimum Gasteiger partial charge on any atom is -0.455 e. The third-order valence-corrected chi connectivity index (χ3v) is 3.30. The van der Waals surface area contributed by atoms with Crippen molar-refractivity contribution in [3.63, 3.8) is 0 Å². The van der Waals surface area contributed by atoms with E-state index in [9.17, 15) is 0 Å². The molecule has 2 heterocycles. The van der Waals surface area contributed by atoms with Crippen molar-refractivity contribution < 1.29 is 4.42 Å². The number of benzene rings is 1. The van der Waals surface area contributed by atoms with Crippen molar-refractivity contribution in [1.29, 1.82) is 0 Å². The van der Waals surface area contributed by atoms with Gasteiger partial charge < -0.3 is 4.42 Å². The lowest BCUT2D eigenvalue weighted by Gasteiger charge is -1.87. The molecule has 73 valence electrons. The molecule has 0 unspecified atom stereocenters. The maximum absolute atomic E-state index is 5.76. The second-order valence-electron chi connectivity index (χ2n) is 3.54. The van der Waals surface area contributed by atoms with Crippen molar-refractivity contribution in [3.8, 4) is 10.6 Å². The smallest absolute Gasteiger partial charge is 0.145 e. The van der Waals surface area contributed by atoms with Gasteiger partial charge in [0.25, 0.3) is 0 Å². The largest absolute Gasteiger partial charge is 0.455 e. The molecule has 0 aliphatic heterocycles. The van der Waals surface area contributed by atoms with Gasteiger partial charge in [0.05, 0.1) is 4.88 Å². The van der Waals surface area contributed by atoms with Gasteiger partial charge in [-0.1, -0.05) is 18.2 Å². The molecule has 0 saturated carbocycles. The van der Waals surface area contributed by atoms with Crippen LogP contribution in [0.4, 0.5) is 0 Å². The summed E-state index contributed by atoms with van der Waals surface area (Å²) >= 11 is 1.60. The number of fused-ring (bicyclic) bond motifs is 1. The van der Waals surface area contributed by atoms with Crippen LogP contribution < -0.4 is 0 Å². The van der Waals surface area contributed by atoms with Crippen molar-refractivity contribution in [2.24, 2.45) is 0 Å². The van der Waals surface area contributed by atoms with Crippen molar-refractivity contribution in [2.45, 2.75) is 6.92 Å². The fourth-order valence-electron chi connectivity index (χ4n) is 1.62. The monoisotopic (exact) mass is 213 g/mol. The Hall–Kier alpha value is -1.54. The number of rotatable bonds is 1. The van der Waals surface area contributed by atoms with E-state index in [4.69, 9.17) is 4.42 Å². The molecule has 3 rings (SSSR count). The van der Waals surface area contributed by atoms with Crippen LogP contribution in [-0.4, -0.2) is 0 Å². The summed E-state index contributed by atoms with van der Waals surface area (Å²) in [5.74, 6) is 0.936. The van der Waals surface area contributed by atoms with Gasteiger partial charge in [-0.15, -0.1) is 11.3 Å². The van der Waals surface area contributed by atoms with Crippen molar-refractivity contribution >= 4 is 22.3 Å². The van der Waals surface area contributed by atoms with E-state index in [1.165, 1.54) is 0 Å². The fraction of sp³-hybridized carbons (Fsp3) is 0.0769. The summed E-state index contributed by atoms with van der Waals surface area (Å²) in [6.45, 7) is 2.04. The first-order valence-corrected chi connectivity index (χ1v) is 5.62. The maximum atomic E-state index is 5.76. The lowest BCUT2D eigenvalue weighted by atomic mass is 10.2. The van der Waals surface area contributed by atoms with Crippen LogP contribution in [0.15, 0.2) is 40.8 Å². The molecule has 0 aliphatic rings. The minimum atomic E-state index is 0.936. The third kappa shape index (κ3) is 1.47. The molecule has 0 bridgehead atoms. The van der Waals surface area contributed by atoms with Gasteiger partial charge in [-0.05, 0) is 30.7 Å². The third-order valence-electron chi connectivity index (χ3n) is 2.34. The lowest BCUT2D eigenvalue weighted by molar-refractivity contribution is 0.633. The predicted molar refractivity (Wildman–Crippen MR) is 63.1 cm³/mol. The number of para-hydroxylation sites is 1. The van der Waals surface area contributed by atoms with Crippen LogP contribution in [-0.2, 0) is 0 Å². The first-order chi connectivity index (χ1) is 7.33. The van der Waals surface area contributed by atoms with Gasteiger partial charge in [0.1, 0.15) is 11.3 Å². The first kappa shape index (κ1) is 8.74. The highest BCUT2D eigenvalue weighted by Crippen LogP contribution is 2.31. The topological polar surface area (TPSA) is 13.1 Å². The second-order valence-corrected chi connectivity index (χ2v) is 4.39. The van der Waals surface area contributed by atoms with E-state index in [0.29, 0.717) is 0 Å². The lowest BCUT2D eigenvalue weighted by Crippen LogP contribution is -1.61. The second kappa shape index (κ2) is 3.24. The maximum Gasteiger partial charge on any atom is 0.145 e. The molecule has 0 saturated heterocycles. The molecule has 0 atom stereocenters. The van der Waals surface area contributed by atoms with E-state index in [1.807, 2.05) is 25.1 Å². The molecule has 1 nitrogen and oxygen atoms in total. The van der Waals surface area contributed by atoms with E-state index < -0.39 is 0 Å². The summed E-state index contributed by atoms with van der Waals surface area (Å²) in [6.07, 6.45) is 0. The number of furan rings is 1.